The lowest BCUT2D eigenvalue weighted by molar-refractivity contribution is -0.0951. The molecule has 0 aromatic carbocycles. The molecule has 0 bridgehead atoms. The molecule has 158 valence electrons. The third kappa shape index (κ3) is 5.23. The summed E-state index contributed by atoms with van der Waals surface area (Å²) in [6, 6.07) is -0.361. The van der Waals surface area contributed by atoms with Crippen molar-refractivity contribution in [1.82, 2.24) is 9.80 Å². The molecule has 3 rings (SSSR count). The number of alkyl halides is 3. The average molecular weight is 420 g/mol. The summed E-state index contributed by atoms with van der Waals surface area (Å²) in [6.45, 7) is 10.1. The largest absolute Gasteiger partial charge is 0.444 e. The van der Waals surface area contributed by atoms with E-state index in [1.807, 2.05) is 27.7 Å². The third-order valence-electron chi connectivity index (χ3n) is 5.09. The zero-order valence-corrected chi connectivity index (χ0v) is 17.6. The van der Waals surface area contributed by atoms with Crippen LogP contribution in [0.3, 0.4) is 0 Å². The van der Waals surface area contributed by atoms with Crippen LogP contribution in [-0.2, 0) is 4.74 Å². The topological polar surface area (TPSA) is 45.1 Å². The summed E-state index contributed by atoms with van der Waals surface area (Å²) in [7, 11) is 0. The molecule has 1 fully saturated rings. The molecule has 3 aliphatic rings. The third-order valence-corrected chi connectivity index (χ3v) is 6.42. The number of nitrogens with zero attached hydrogens (tertiary/aromatic N) is 3. The van der Waals surface area contributed by atoms with Crippen molar-refractivity contribution in [3.05, 3.63) is 11.6 Å². The molecule has 28 heavy (non-hydrogen) atoms. The van der Waals surface area contributed by atoms with Gasteiger partial charge in [-0.25, -0.2) is 4.79 Å². The highest BCUT2D eigenvalue weighted by atomic mass is 32.2. The van der Waals surface area contributed by atoms with E-state index in [0.29, 0.717) is 32.6 Å². The molecule has 0 radical (unpaired) electrons. The minimum Gasteiger partial charge on any atom is -0.444 e. The first-order valence-electron chi connectivity index (χ1n) is 9.65. The van der Waals surface area contributed by atoms with Crippen LogP contribution >= 0.6 is 11.8 Å². The molecular formula is C19H28F3N3O2S. The van der Waals surface area contributed by atoms with Crippen LogP contribution in [0.4, 0.5) is 18.0 Å². The molecule has 0 aromatic rings. The molecule has 9 heteroatoms. The van der Waals surface area contributed by atoms with Gasteiger partial charge in [-0.3, -0.25) is 9.89 Å². The van der Waals surface area contributed by atoms with Gasteiger partial charge in [0.05, 0.1) is 11.1 Å². The van der Waals surface area contributed by atoms with E-state index in [0.717, 1.165) is 5.04 Å². The fourth-order valence-corrected chi connectivity index (χ4v) is 5.06. The molecule has 3 atom stereocenters. The predicted octanol–water partition coefficient (Wildman–Crippen LogP) is 4.09. The number of halogens is 3. The molecule has 0 saturated carbocycles. The fourth-order valence-electron chi connectivity index (χ4n) is 3.76. The number of amides is 1. The molecule has 1 amide bonds. The Morgan fingerprint density at radius 2 is 2.04 bits per heavy atom. The number of allylic oxidation sites excluding steroid dienone is 1. The van der Waals surface area contributed by atoms with Crippen molar-refractivity contribution in [3.63, 3.8) is 0 Å². The van der Waals surface area contributed by atoms with Crippen LogP contribution in [0.15, 0.2) is 16.6 Å². The van der Waals surface area contributed by atoms with Crippen molar-refractivity contribution in [2.75, 3.05) is 26.2 Å². The summed E-state index contributed by atoms with van der Waals surface area (Å²) in [4.78, 5) is 20.8. The number of hydrogen-bond donors (Lipinski definition) is 0. The fraction of sp³-hybridized carbons (Fsp3) is 0.789. The Hall–Kier alpha value is -1.22. The molecule has 3 unspecified atom stereocenters. The van der Waals surface area contributed by atoms with Gasteiger partial charge in [0.25, 0.3) is 0 Å². The van der Waals surface area contributed by atoms with Gasteiger partial charge < -0.3 is 9.64 Å². The maximum absolute atomic E-state index is 12.9. The van der Waals surface area contributed by atoms with Crippen molar-refractivity contribution in [2.24, 2.45) is 4.99 Å². The normalized spacial score (nSPS) is 29.2. The number of fused-ring (bicyclic) bond motifs is 1. The lowest BCUT2D eigenvalue weighted by atomic mass is 9.95. The number of carbonyl (C=O) groups is 1. The zero-order chi connectivity index (χ0) is 20.7. The second kappa shape index (κ2) is 7.89. The predicted molar refractivity (Wildman–Crippen MR) is 105 cm³/mol. The molecule has 2 heterocycles. The van der Waals surface area contributed by atoms with E-state index < -0.39 is 17.4 Å². The van der Waals surface area contributed by atoms with Crippen LogP contribution < -0.4 is 0 Å². The Morgan fingerprint density at radius 1 is 1.32 bits per heavy atom. The highest BCUT2D eigenvalue weighted by Gasteiger charge is 2.41. The van der Waals surface area contributed by atoms with Gasteiger partial charge in [-0.05, 0) is 40.5 Å². The standard InChI is InChI=1S/C19H28F3N3O2S/c1-12-10-24(7-8-25(12)17(26)27-18(2,3)4)11-16-23-14-9-13(19(20,21)22)5-6-15(14)28-16/h9,12,14-15H,5-8,10-11H2,1-4H3. The van der Waals surface area contributed by atoms with Crippen LogP contribution in [0.5, 0.6) is 0 Å². The van der Waals surface area contributed by atoms with Crippen LogP contribution in [-0.4, -0.2) is 76.2 Å². The molecular weight excluding hydrogens is 391 g/mol. The first kappa shape index (κ1) is 21.5. The molecule has 2 aliphatic heterocycles. The van der Waals surface area contributed by atoms with E-state index in [4.69, 9.17) is 4.74 Å². The first-order chi connectivity index (χ1) is 12.9. The number of carbonyl (C=O) groups excluding carboxylic acids is 1. The summed E-state index contributed by atoms with van der Waals surface area (Å²) < 4.78 is 44.3. The van der Waals surface area contributed by atoms with Gasteiger partial charge >= 0.3 is 12.3 Å². The summed E-state index contributed by atoms with van der Waals surface area (Å²) in [6.07, 6.45) is -2.66. The van der Waals surface area contributed by atoms with E-state index in [-0.39, 0.29) is 29.8 Å². The second-order valence-corrected chi connectivity index (χ2v) is 9.97. The van der Waals surface area contributed by atoms with Gasteiger partial charge in [0.1, 0.15) is 5.60 Å². The smallest absolute Gasteiger partial charge is 0.412 e. The summed E-state index contributed by atoms with van der Waals surface area (Å²) in [5, 5.41) is 1.01. The van der Waals surface area contributed by atoms with Crippen molar-refractivity contribution in [1.29, 1.82) is 0 Å². The van der Waals surface area contributed by atoms with Gasteiger partial charge in [0.2, 0.25) is 0 Å². The SMILES string of the molecule is CC1CN(CC2=NC3C=C(C(F)(F)F)CCC3S2)CCN1C(=O)OC(C)(C)C. The minimum absolute atomic E-state index is 0.00890. The Labute approximate surface area is 168 Å². The van der Waals surface area contributed by atoms with Crippen LogP contribution in [0, 0.1) is 0 Å². The Kier molecular flexibility index (Phi) is 6.06. The van der Waals surface area contributed by atoms with Gasteiger partial charge in [0.15, 0.2) is 0 Å². The molecule has 0 aromatic heterocycles. The number of ether oxygens (including phenoxy) is 1. The Bertz CT molecular complexity index is 672. The van der Waals surface area contributed by atoms with Crippen LogP contribution in [0.2, 0.25) is 0 Å². The highest BCUT2D eigenvalue weighted by Crippen LogP contribution is 2.41. The van der Waals surface area contributed by atoms with Crippen molar-refractivity contribution in [2.45, 2.75) is 69.6 Å². The van der Waals surface area contributed by atoms with E-state index in [1.54, 1.807) is 16.7 Å². The number of piperazine rings is 1. The molecule has 1 saturated heterocycles. The number of hydrogen-bond acceptors (Lipinski definition) is 5. The minimum atomic E-state index is -4.25. The zero-order valence-electron chi connectivity index (χ0n) is 16.8. The van der Waals surface area contributed by atoms with E-state index in [9.17, 15) is 18.0 Å². The van der Waals surface area contributed by atoms with E-state index in [1.165, 1.54) is 6.08 Å². The second-order valence-electron chi connectivity index (χ2n) is 8.66. The van der Waals surface area contributed by atoms with Gasteiger partial charge in [-0.2, -0.15) is 13.2 Å². The highest BCUT2D eigenvalue weighted by molar-refractivity contribution is 8.14. The van der Waals surface area contributed by atoms with Gasteiger partial charge in [0, 0.05) is 43.0 Å². The first-order valence-corrected chi connectivity index (χ1v) is 10.5. The number of rotatable bonds is 2. The lowest BCUT2D eigenvalue weighted by Gasteiger charge is -2.40. The summed E-state index contributed by atoms with van der Waals surface area (Å²) in [5.74, 6) is 0. The van der Waals surface area contributed by atoms with E-state index >= 15 is 0 Å². The van der Waals surface area contributed by atoms with Crippen molar-refractivity contribution in [3.8, 4) is 0 Å². The Morgan fingerprint density at radius 3 is 2.64 bits per heavy atom. The van der Waals surface area contributed by atoms with Gasteiger partial charge in [-0.15, -0.1) is 11.8 Å². The maximum Gasteiger partial charge on any atom is 0.412 e. The molecule has 0 N–H and O–H groups in total. The monoisotopic (exact) mass is 419 g/mol. The summed E-state index contributed by atoms with van der Waals surface area (Å²) >= 11 is 1.61. The van der Waals surface area contributed by atoms with Crippen molar-refractivity contribution >= 4 is 22.9 Å². The average Bonchev–Trinajstić information content (AvgIpc) is 2.93. The maximum atomic E-state index is 12.9. The molecule has 0 spiro atoms. The van der Waals surface area contributed by atoms with Crippen LogP contribution in [0.1, 0.15) is 40.5 Å². The van der Waals surface area contributed by atoms with Crippen molar-refractivity contribution < 1.29 is 22.7 Å². The van der Waals surface area contributed by atoms with Gasteiger partial charge in [-0.1, -0.05) is 6.08 Å². The Balaban J connectivity index is 1.55. The summed E-state index contributed by atoms with van der Waals surface area (Å²) in [5.41, 5.74) is -0.971. The molecule has 5 nitrogen and oxygen atoms in total. The number of aliphatic imine (C=N–C) groups is 1. The van der Waals surface area contributed by atoms with E-state index in [2.05, 4.69) is 9.89 Å². The number of thioether (sulfide) groups is 1. The quantitative estimate of drug-likeness (QED) is 0.633. The lowest BCUT2D eigenvalue weighted by Crippen LogP contribution is -2.55. The molecule has 1 aliphatic carbocycles. The van der Waals surface area contributed by atoms with Crippen LogP contribution in [0.25, 0.3) is 0 Å².